The molecule has 0 saturated carbocycles. The van der Waals surface area contributed by atoms with Gasteiger partial charge in [-0.1, -0.05) is 0 Å². The van der Waals surface area contributed by atoms with Crippen molar-refractivity contribution < 1.29 is 18.3 Å². The number of carbonyl (C=O) groups excluding carboxylic acids is 1. The molecule has 0 aliphatic heterocycles. The Morgan fingerprint density at radius 3 is 2.64 bits per heavy atom. The Morgan fingerprint density at radius 2 is 1.96 bits per heavy atom. The van der Waals surface area contributed by atoms with Crippen molar-refractivity contribution in [2.45, 2.75) is 32.9 Å². The Kier molecular flexibility index (Phi) is 6.35. The molecule has 0 aliphatic carbocycles. The molecule has 0 bridgehead atoms. The summed E-state index contributed by atoms with van der Waals surface area (Å²) in [5.74, 6) is 0.764. The van der Waals surface area contributed by atoms with Crippen LogP contribution in [0.15, 0.2) is 42.7 Å². The SMILES string of the molecule is CC(C)n1cnnc1CCNC(=O)c1ccc(-c2ccc(OC(F)F)cc2)s1. The Labute approximate surface area is 165 Å². The number of nitrogens with zero attached hydrogens (tertiary/aromatic N) is 3. The molecule has 0 fully saturated rings. The number of hydrogen-bond donors (Lipinski definition) is 1. The number of carbonyl (C=O) groups is 1. The summed E-state index contributed by atoms with van der Waals surface area (Å²) in [6, 6.07) is 10.2. The van der Waals surface area contributed by atoms with E-state index < -0.39 is 6.61 Å². The number of rotatable bonds is 8. The van der Waals surface area contributed by atoms with Crippen molar-refractivity contribution in [2.24, 2.45) is 0 Å². The second kappa shape index (κ2) is 8.92. The summed E-state index contributed by atoms with van der Waals surface area (Å²) in [6.45, 7) is 1.70. The second-order valence-corrected chi connectivity index (χ2v) is 7.40. The fourth-order valence-corrected chi connectivity index (χ4v) is 3.60. The predicted octanol–water partition coefficient (Wildman–Crippen LogP) is 4.16. The standard InChI is InChI=1S/C19H20F2N4O2S/c1-12(2)25-11-23-24-17(25)9-10-22-18(26)16-8-7-15(28-16)13-3-5-14(6-4-13)27-19(20)21/h3-8,11-12,19H,9-10H2,1-2H3,(H,22,26). The molecule has 2 heterocycles. The van der Waals surface area contributed by atoms with Crippen LogP contribution < -0.4 is 10.1 Å². The van der Waals surface area contributed by atoms with E-state index in [9.17, 15) is 13.6 Å². The fraction of sp³-hybridized carbons (Fsp3) is 0.316. The second-order valence-electron chi connectivity index (χ2n) is 6.32. The third-order valence-electron chi connectivity index (χ3n) is 4.03. The van der Waals surface area contributed by atoms with Gasteiger partial charge in [-0.15, -0.1) is 21.5 Å². The monoisotopic (exact) mass is 406 g/mol. The van der Waals surface area contributed by atoms with Gasteiger partial charge in [-0.25, -0.2) is 0 Å². The quantitative estimate of drug-likeness (QED) is 0.610. The summed E-state index contributed by atoms with van der Waals surface area (Å²) < 4.78 is 30.7. The number of thiophene rings is 1. The highest BCUT2D eigenvalue weighted by Crippen LogP contribution is 2.29. The molecule has 0 unspecified atom stereocenters. The molecule has 0 atom stereocenters. The zero-order chi connectivity index (χ0) is 20.1. The molecule has 1 amide bonds. The minimum atomic E-state index is -2.85. The maximum atomic E-state index is 12.4. The molecular weight excluding hydrogens is 386 g/mol. The highest BCUT2D eigenvalue weighted by Gasteiger charge is 2.12. The van der Waals surface area contributed by atoms with Gasteiger partial charge in [0.1, 0.15) is 17.9 Å². The molecule has 3 aromatic rings. The number of halogens is 2. The lowest BCUT2D eigenvalue weighted by atomic mass is 10.2. The first-order chi connectivity index (χ1) is 13.4. The van der Waals surface area contributed by atoms with Crippen molar-refractivity contribution in [1.82, 2.24) is 20.1 Å². The molecule has 0 radical (unpaired) electrons. The lowest BCUT2D eigenvalue weighted by molar-refractivity contribution is -0.0498. The molecule has 1 N–H and O–H groups in total. The number of amides is 1. The average molecular weight is 406 g/mol. The summed E-state index contributed by atoms with van der Waals surface area (Å²) in [4.78, 5) is 13.8. The van der Waals surface area contributed by atoms with Crippen LogP contribution in [0.5, 0.6) is 5.75 Å². The molecule has 6 nitrogen and oxygen atoms in total. The Morgan fingerprint density at radius 1 is 1.21 bits per heavy atom. The summed E-state index contributed by atoms with van der Waals surface area (Å²) in [7, 11) is 0. The Bertz CT molecular complexity index is 922. The van der Waals surface area contributed by atoms with Crippen LogP contribution in [-0.2, 0) is 6.42 Å². The number of hydrogen-bond acceptors (Lipinski definition) is 5. The van der Waals surface area contributed by atoms with Crippen molar-refractivity contribution >= 4 is 17.2 Å². The number of nitrogens with one attached hydrogen (secondary N) is 1. The van der Waals surface area contributed by atoms with Crippen LogP contribution in [0.4, 0.5) is 8.78 Å². The molecule has 0 saturated heterocycles. The smallest absolute Gasteiger partial charge is 0.387 e. The molecule has 0 spiro atoms. The van der Waals surface area contributed by atoms with Crippen molar-refractivity contribution in [2.75, 3.05) is 6.54 Å². The van der Waals surface area contributed by atoms with Gasteiger partial charge in [0, 0.05) is 23.9 Å². The van der Waals surface area contributed by atoms with Gasteiger partial charge in [-0.2, -0.15) is 8.78 Å². The number of alkyl halides is 2. The van der Waals surface area contributed by atoms with Crippen molar-refractivity contribution in [1.29, 1.82) is 0 Å². The van der Waals surface area contributed by atoms with Crippen molar-refractivity contribution in [3.05, 3.63) is 53.4 Å². The van der Waals surface area contributed by atoms with Gasteiger partial charge >= 0.3 is 6.61 Å². The van der Waals surface area contributed by atoms with E-state index in [1.165, 1.54) is 23.5 Å². The van der Waals surface area contributed by atoms with Crippen LogP contribution >= 0.6 is 11.3 Å². The van der Waals surface area contributed by atoms with Gasteiger partial charge in [0.2, 0.25) is 0 Å². The summed E-state index contributed by atoms with van der Waals surface area (Å²) >= 11 is 1.34. The van der Waals surface area contributed by atoms with Crippen LogP contribution in [0.25, 0.3) is 10.4 Å². The summed E-state index contributed by atoms with van der Waals surface area (Å²) in [5, 5.41) is 10.9. The first-order valence-electron chi connectivity index (χ1n) is 8.75. The lowest BCUT2D eigenvalue weighted by Gasteiger charge is -2.10. The zero-order valence-electron chi connectivity index (χ0n) is 15.4. The molecule has 0 aliphatic rings. The van der Waals surface area contributed by atoms with Crippen LogP contribution in [0.3, 0.4) is 0 Å². The van der Waals surface area contributed by atoms with Gasteiger partial charge in [-0.3, -0.25) is 4.79 Å². The van der Waals surface area contributed by atoms with Gasteiger partial charge in [0.15, 0.2) is 0 Å². The maximum absolute atomic E-state index is 12.4. The van der Waals surface area contributed by atoms with E-state index in [4.69, 9.17) is 0 Å². The topological polar surface area (TPSA) is 69.0 Å². The maximum Gasteiger partial charge on any atom is 0.387 e. The summed E-state index contributed by atoms with van der Waals surface area (Å²) in [5.41, 5.74) is 0.829. The van der Waals surface area contributed by atoms with Gasteiger partial charge in [-0.05, 0) is 55.8 Å². The highest BCUT2D eigenvalue weighted by molar-refractivity contribution is 7.17. The van der Waals surface area contributed by atoms with Crippen LogP contribution in [0, 0.1) is 0 Å². The van der Waals surface area contributed by atoms with E-state index >= 15 is 0 Å². The molecule has 2 aromatic heterocycles. The number of aromatic nitrogens is 3. The minimum Gasteiger partial charge on any atom is -0.435 e. The fourth-order valence-electron chi connectivity index (χ4n) is 2.67. The zero-order valence-corrected chi connectivity index (χ0v) is 16.2. The van der Waals surface area contributed by atoms with Crippen molar-refractivity contribution in [3.8, 4) is 16.2 Å². The molecule has 9 heteroatoms. The van der Waals surface area contributed by atoms with Gasteiger partial charge in [0.25, 0.3) is 5.91 Å². The third kappa shape index (κ3) is 4.92. The average Bonchev–Trinajstić information content (AvgIpc) is 3.31. The van der Waals surface area contributed by atoms with E-state index in [1.807, 2.05) is 24.5 Å². The molecule has 148 valence electrons. The van der Waals surface area contributed by atoms with E-state index in [1.54, 1.807) is 24.5 Å². The lowest BCUT2D eigenvalue weighted by Crippen LogP contribution is -2.25. The van der Waals surface area contributed by atoms with E-state index in [0.29, 0.717) is 17.8 Å². The van der Waals surface area contributed by atoms with E-state index in [-0.39, 0.29) is 17.7 Å². The summed E-state index contributed by atoms with van der Waals surface area (Å²) in [6.07, 6.45) is 2.28. The normalized spacial score (nSPS) is 11.2. The largest absolute Gasteiger partial charge is 0.435 e. The Balaban J connectivity index is 1.57. The van der Waals surface area contributed by atoms with Gasteiger partial charge < -0.3 is 14.6 Å². The van der Waals surface area contributed by atoms with E-state index in [0.717, 1.165) is 16.3 Å². The molecular formula is C19H20F2N4O2S. The predicted molar refractivity (Wildman–Crippen MR) is 103 cm³/mol. The van der Waals surface area contributed by atoms with E-state index in [2.05, 4.69) is 20.3 Å². The molecule has 28 heavy (non-hydrogen) atoms. The Hall–Kier alpha value is -2.81. The van der Waals surface area contributed by atoms with Crippen LogP contribution in [0.1, 0.15) is 35.4 Å². The number of benzene rings is 1. The van der Waals surface area contributed by atoms with Crippen molar-refractivity contribution in [3.63, 3.8) is 0 Å². The first kappa shape index (κ1) is 19.9. The van der Waals surface area contributed by atoms with Crippen LogP contribution in [0.2, 0.25) is 0 Å². The minimum absolute atomic E-state index is 0.0996. The third-order valence-corrected chi connectivity index (χ3v) is 5.16. The van der Waals surface area contributed by atoms with Gasteiger partial charge in [0.05, 0.1) is 4.88 Å². The first-order valence-corrected chi connectivity index (χ1v) is 9.57. The number of ether oxygens (including phenoxy) is 1. The molecule has 1 aromatic carbocycles. The molecule has 3 rings (SSSR count). The van der Waals surface area contributed by atoms with Crippen LogP contribution in [-0.4, -0.2) is 33.8 Å². The highest BCUT2D eigenvalue weighted by atomic mass is 32.1.